The van der Waals surface area contributed by atoms with E-state index >= 15 is 0 Å². The maximum atomic E-state index is 12.3. The molecule has 21 heavy (non-hydrogen) atoms. The highest BCUT2D eigenvalue weighted by Crippen LogP contribution is 2.12. The molecule has 0 radical (unpaired) electrons. The predicted octanol–water partition coefficient (Wildman–Crippen LogP) is 1.52. The van der Waals surface area contributed by atoms with Crippen molar-refractivity contribution in [2.75, 3.05) is 6.61 Å². The summed E-state index contributed by atoms with van der Waals surface area (Å²) < 4.78 is 8.78. The summed E-state index contributed by atoms with van der Waals surface area (Å²) >= 11 is 0. The lowest BCUT2D eigenvalue weighted by Gasteiger charge is -2.08. The standard InChI is InChI=1S/C15H16N4O2/c1-11-4-3-5-12(8-11)21-7-6-19-10-16-14-13(15(19)20)9-17-18(14)2/h3-5,8-10H,6-7H2,1-2H3. The normalized spacial score (nSPS) is 11.0. The summed E-state index contributed by atoms with van der Waals surface area (Å²) in [5, 5.41) is 4.57. The smallest absolute Gasteiger partial charge is 0.264 e. The third kappa shape index (κ3) is 2.65. The Bertz CT molecular complexity index is 835. The third-order valence-corrected chi connectivity index (χ3v) is 3.31. The Hall–Kier alpha value is -2.63. The van der Waals surface area contributed by atoms with Gasteiger partial charge in [-0.15, -0.1) is 0 Å². The number of rotatable bonds is 4. The molecule has 3 rings (SSSR count). The molecule has 2 heterocycles. The Morgan fingerprint density at radius 3 is 3.00 bits per heavy atom. The minimum Gasteiger partial charge on any atom is -0.492 e. The topological polar surface area (TPSA) is 61.9 Å². The summed E-state index contributed by atoms with van der Waals surface area (Å²) in [7, 11) is 1.76. The van der Waals surface area contributed by atoms with Crippen LogP contribution in [0.15, 0.2) is 41.6 Å². The predicted molar refractivity (Wildman–Crippen MR) is 79.4 cm³/mol. The molecular weight excluding hydrogens is 268 g/mol. The second kappa shape index (κ2) is 5.40. The molecule has 0 aliphatic heterocycles. The highest BCUT2D eigenvalue weighted by Gasteiger charge is 2.07. The van der Waals surface area contributed by atoms with Crippen LogP contribution in [0.1, 0.15) is 5.56 Å². The van der Waals surface area contributed by atoms with Crippen molar-refractivity contribution in [2.24, 2.45) is 7.05 Å². The van der Waals surface area contributed by atoms with Crippen LogP contribution in [0.4, 0.5) is 0 Å². The van der Waals surface area contributed by atoms with E-state index in [2.05, 4.69) is 10.1 Å². The van der Waals surface area contributed by atoms with E-state index in [4.69, 9.17) is 4.74 Å². The Kier molecular flexibility index (Phi) is 3.43. The molecule has 6 nitrogen and oxygen atoms in total. The molecular formula is C15H16N4O2. The zero-order chi connectivity index (χ0) is 14.8. The van der Waals surface area contributed by atoms with Crippen LogP contribution < -0.4 is 10.3 Å². The summed E-state index contributed by atoms with van der Waals surface area (Å²) in [5.41, 5.74) is 1.64. The first-order chi connectivity index (χ1) is 10.1. The van der Waals surface area contributed by atoms with Crippen molar-refractivity contribution in [1.29, 1.82) is 0 Å². The maximum absolute atomic E-state index is 12.3. The fourth-order valence-corrected chi connectivity index (χ4v) is 2.19. The minimum absolute atomic E-state index is 0.0963. The van der Waals surface area contributed by atoms with Crippen LogP contribution in [0.3, 0.4) is 0 Å². The Labute approximate surface area is 121 Å². The molecule has 0 aliphatic rings. The second-order valence-electron chi connectivity index (χ2n) is 4.91. The summed E-state index contributed by atoms with van der Waals surface area (Å²) in [6.07, 6.45) is 3.08. The van der Waals surface area contributed by atoms with Gasteiger partial charge >= 0.3 is 0 Å². The monoisotopic (exact) mass is 284 g/mol. The molecule has 3 aromatic rings. The molecule has 0 atom stereocenters. The van der Waals surface area contributed by atoms with Crippen LogP contribution in [0.2, 0.25) is 0 Å². The van der Waals surface area contributed by atoms with Crippen molar-refractivity contribution in [3.8, 4) is 5.75 Å². The van der Waals surface area contributed by atoms with Gasteiger partial charge in [-0.3, -0.25) is 14.0 Å². The summed E-state index contributed by atoms with van der Waals surface area (Å²) in [4.78, 5) is 16.5. The minimum atomic E-state index is -0.0963. The molecule has 6 heteroatoms. The van der Waals surface area contributed by atoms with Crippen LogP contribution >= 0.6 is 0 Å². The first-order valence-electron chi connectivity index (χ1n) is 6.72. The van der Waals surface area contributed by atoms with Crippen LogP contribution in [-0.4, -0.2) is 25.9 Å². The molecule has 0 N–H and O–H groups in total. The number of fused-ring (bicyclic) bond motifs is 1. The van der Waals surface area contributed by atoms with E-state index < -0.39 is 0 Å². The number of nitrogens with zero attached hydrogens (tertiary/aromatic N) is 4. The molecule has 0 saturated carbocycles. The van der Waals surface area contributed by atoms with E-state index in [1.807, 2.05) is 31.2 Å². The van der Waals surface area contributed by atoms with Crippen molar-refractivity contribution >= 4 is 11.0 Å². The largest absolute Gasteiger partial charge is 0.492 e. The Morgan fingerprint density at radius 2 is 2.19 bits per heavy atom. The van der Waals surface area contributed by atoms with Crippen LogP contribution in [-0.2, 0) is 13.6 Å². The molecule has 0 aliphatic carbocycles. The van der Waals surface area contributed by atoms with Gasteiger partial charge in [0.1, 0.15) is 24.1 Å². The number of aromatic nitrogens is 4. The van der Waals surface area contributed by atoms with Gasteiger partial charge in [0.2, 0.25) is 0 Å². The van der Waals surface area contributed by atoms with E-state index in [9.17, 15) is 4.79 Å². The lowest BCUT2D eigenvalue weighted by molar-refractivity contribution is 0.296. The summed E-state index contributed by atoms with van der Waals surface area (Å²) in [5.74, 6) is 0.804. The molecule has 0 amide bonds. The maximum Gasteiger partial charge on any atom is 0.264 e. The van der Waals surface area contributed by atoms with Gasteiger partial charge in [0.25, 0.3) is 5.56 Å². The molecule has 108 valence electrons. The molecule has 0 saturated heterocycles. The van der Waals surface area contributed by atoms with Gasteiger partial charge in [0.05, 0.1) is 12.7 Å². The van der Waals surface area contributed by atoms with Gasteiger partial charge < -0.3 is 4.74 Å². The van der Waals surface area contributed by atoms with Gasteiger partial charge in [0, 0.05) is 7.05 Å². The third-order valence-electron chi connectivity index (χ3n) is 3.31. The average Bonchev–Trinajstić information content (AvgIpc) is 2.84. The van der Waals surface area contributed by atoms with Crippen molar-refractivity contribution in [3.63, 3.8) is 0 Å². The highest BCUT2D eigenvalue weighted by molar-refractivity contribution is 5.72. The number of benzene rings is 1. The molecule has 0 spiro atoms. The number of hydrogen-bond acceptors (Lipinski definition) is 4. The van der Waals surface area contributed by atoms with Crippen LogP contribution in [0.25, 0.3) is 11.0 Å². The summed E-state index contributed by atoms with van der Waals surface area (Å²) in [6.45, 7) is 2.87. The average molecular weight is 284 g/mol. The highest BCUT2D eigenvalue weighted by atomic mass is 16.5. The first-order valence-corrected chi connectivity index (χ1v) is 6.72. The number of hydrogen-bond donors (Lipinski definition) is 0. The SMILES string of the molecule is Cc1cccc(OCCn2cnc3c(cnn3C)c2=O)c1. The molecule has 0 bridgehead atoms. The van der Waals surface area contributed by atoms with Gasteiger partial charge in [-0.25, -0.2) is 4.98 Å². The van der Waals surface area contributed by atoms with E-state index in [-0.39, 0.29) is 5.56 Å². The van der Waals surface area contributed by atoms with Crippen LogP contribution in [0.5, 0.6) is 5.75 Å². The lowest BCUT2D eigenvalue weighted by Crippen LogP contribution is -2.23. The van der Waals surface area contributed by atoms with Gasteiger partial charge in [0.15, 0.2) is 5.65 Å². The van der Waals surface area contributed by atoms with Crippen LogP contribution in [0, 0.1) is 6.92 Å². The van der Waals surface area contributed by atoms with Gasteiger partial charge in [-0.1, -0.05) is 12.1 Å². The molecule has 1 aromatic carbocycles. The first kappa shape index (κ1) is 13.4. The zero-order valence-corrected chi connectivity index (χ0v) is 12.0. The Balaban J connectivity index is 1.74. The molecule has 0 fully saturated rings. The quantitative estimate of drug-likeness (QED) is 0.728. The van der Waals surface area contributed by atoms with Crippen molar-refractivity contribution in [3.05, 3.63) is 52.7 Å². The van der Waals surface area contributed by atoms with Crippen molar-refractivity contribution < 1.29 is 4.74 Å². The fraction of sp³-hybridized carbons (Fsp3) is 0.267. The van der Waals surface area contributed by atoms with Gasteiger partial charge in [-0.05, 0) is 24.6 Å². The zero-order valence-electron chi connectivity index (χ0n) is 12.0. The van der Waals surface area contributed by atoms with Gasteiger partial charge in [-0.2, -0.15) is 5.10 Å². The fourth-order valence-electron chi connectivity index (χ4n) is 2.19. The molecule has 2 aromatic heterocycles. The van der Waals surface area contributed by atoms with Crippen molar-refractivity contribution in [1.82, 2.24) is 19.3 Å². The second-order valence-corrected chi connectivity index (χ2v) is 4.91. The van der Waals surface area contributed by atoms with E-state index in [0.717, 1.165) is 11.3 Å². The van der Waals surface area contributed by atoms with E-state index in [0.29, 0.717) is 24.2 Å². The summed E-state index contributed by atoms with van der Waals surface area (Å²) in [6, 6.07) is 7.82. The number of ether oxygens (including phenoxy) is 1. The Morgan fingerprint density at radius 1 is 1.33 bits per heavy atom. The van der Waals surface area contributed by atoms with E-state index in [1.54, 1.807) is 22.5 Å². The molecule has 0 unspecified atom stereocenters. The number of aryl methyl sites for hydroxylation is 2. The van der Waals surface area contributed by atoms with E-state index in [1.165, 1.54) is 6.33 Å². The van der Waals surface area contributed by atoms with Crippen molar-refractivity contribution in [2.45, 2.75) is 13.5 Å². The lowest BCUT2D eigenvalue weighted by atomic mass is 10.2.